The third kappa shape index (κ3) is 2.62. The van der Waals surface area contributed by atoms with E-state index < -0.39 is 0 Å². The van der Waals surface area contributed by atoms with Crippen LogP contribution < -0.4 is 5.32 Å². The molecule has 0 bridgehead atoms. The molecular formula is C12H21N3O. The predicted octanol–water partition coefficient (Wildman–Crippen LogP) is 0.977. The summed E-state index contributed by atoms with van der Waals surface area (Å²) in [5.74, 6) is 0.679. The van der Waals surface area contributed by atoms with Crippen LogP contribution in [-0.2, 0) is 18.2 Å². The highest BCUT2D eigenvalue weighted by molar-refractivity contribution is 5.00. The molecule has 0 radical (unpaired) electrons. The van der Waals surface area contributed by atoms with Crippen LogP contribution in [0.25, 0.3) is 0 Å². The maximum Gasteiger partial charge on any atom is 0.0510 e. The second-order valence-corrected chi connectivity index (χ2v) is 4.50. The maximum atomic E-state index is 5.44. The van der Waals surface area contributed by atoms with E-state index in [9.17, 15) is 0 Å². The summed E-state index contributed by atoms with van der Waals surface area (Å²) in [5.41, 5.74) is 1.30. The Balaban J connectivity index is 1.85. The first-order chi connectivity index (χ1) is 7.81. The fourth-order valence-corrected chi connectivity index (χ4v) is 2.44. The van der Waals surface area contributed by atoms with Gasteiger partial charge < -0.3 is 10.1 Å². The van der Waals surface area contributed by atoms with Gasteiger partial charge in [0.2, 0.25) is 0 Å². The van der Waals surface area contributed by atoms with Crippen molar-refractivity contribution in [2.24, 2.45) is 13.0 Å². The molecule has 90 valence electrons. The molecule has 0 aliphatic carbocycles. The van der Waals surface area contributed by atoms with Gasteiger partial charge in [-0.25, -0.2) is 0 Å². The van der Waals surface area contributed by atoms with Crippen LogP contribution in [0, 0.1) is 5.92 Å². The molecule has 4 nitrogen and oxygen atoms in total. The van der Waals surface area contributed by atoms with E-state index in [-0.39, 0.29) is 0 Å². The molecule has 1 saturated heterocycles. The summed E-state index contributed by atoms with van der Waals surface area (Å²) < 4.78 is 7.40. The molecule has 1 fully saturated rings. The molecular weight excluding hydrogens is 202 g/mol. The highest BCUT2D eigenvalue weighted by atomic mass is 16.5. The minimum atomic E-state index is 0.567. The molecule has 1 aromatic rings. The number of rotatable bonds is 5. The topological polar surface area (TPSA) is 39.1 Å². The molecule has 2 atom stereocenters. The fourth-order valence-electron chi connectivity index (χ4n) is 2.44. The second-order valence-electron chi connectivity index (χ2n) is 4.50. The minimum absolute atomic E-state index is 0.567. The molecule has 2 unspecified atom stereocenters. The fraction of sp³-hybridized carbons (Fsp3) is 0.750. The summed E-state index contributed by atoms with van der Waals surface area (Å²) in [5, 5.41) is 7.61. The van der Waals surface area contributed by atoms with Crippen molar-refractivity contribution >= 4 is 0 Å². The first-order valence-corrected chi connectivity index (χ1v) is 6.03. The Morgan fingerprint density at radius 3 is 3.12 bits per heavy atom. The van der Waals surface area contributed by atoms with Crippen LogP contribution in [0.1, 0.15) is 18.5 Å². The lowest BCUT2D eigenvalue weighted by molar-refractivity contribution is 0.176. The third-order valence-corrected chi connectivity index (χ3v) is 3.54. The maximum absolute atomic E-state index is 5.44. The van der Waals surface area contributed by atoms with Crippen LogP contribution >= 0.6 is 0 Å². The lowest BCUT2D eigenvalue weighted by Crippen LogP contribution is -2.34. The quantitative estimate of drug-likeness (QED) is 0.808. The number of aryl methyl sites for hydroxylation is 2. The highest BCUT2D eigenvalue weighted by Gasteiger charge is 2.24. The van der Waals surface area contributed by atoms with E-state index in [1.165, 1.54) is 12.1 Å². The van der Waals surface area contributed by atoms with E-state index in [1.54, 1.807) is 0 Å². The molecule has 1 aliphatic rings. The molecule has 0 aromatic carbocycles. The zero-order valence-corrected chi connectivity index (χ0v) is 10.1. The van der Waals surface area contributed by atoms with Crippen LogP contribution in [-0.4, -0.2) is 36.1 Å². The van der Waals surface area contributed by atoms with Gasteiger partial charge in [0.05, 0.1) is 6.61 Å². The Hall–Kier alpha value is -0.870. The van der Waals surface area contributed by atoms with Gasteiger partial charge in [0.1, 0.15) is 0 Å². The van der Waals surface area contributed by atoms with Crippen LogP contribution in [0.4, 0.5) is 0 Å². The van der Waals surface area contributed by atoms with E-state index in [4.69, 9.17) is 4.74 Å². The molecule has 0 amide bonds. The Labute approximate surface area is 97.0 Å². The van der Waals surface area contributed by atoms with Crippen LogP contribution in [0.2, 0.25) is 0 Å². The van der Waals surface area contributed by atoms with Gasteiger partial charge in [0.25, 0.3) is 0 Å². The Morgan fingerprint density at radius 1 is 1.69 bits per heavy atom. The molecule has 4 heteroatoms. The molecule has 16 heavy (non-hydrogen) atoms. The van der Waals surface area contributed by atoms with Crippen molar-refractivity contribution in [2.75, 3.05) is 20.3 Å². The molecule has 2 rings (SSSR count). The zero-order chi connectivity index (χ0) is 11.4. The Kier molecular flexibility index (Phi) is 3.96. The molecule has 1 N–H and O–H groups in total. The minimum Gasteiger partial charge on any atom is -0.381 e. The van der Waals surface area contributed by atoms with Gasteiger partial charge in [-0.15, -0.1) is 0 Å². The summed E-state index contributed by atoms with van der Waals surface area (Å²) in [6.07, 6.45) is 5.29. The Morgan fingerprint density at radius 2 is 2.56 bits per heavy atom. The summed E-state index contributed by atoms with van der Waals surface area (Å²) in [7, 11) is 4.05. The van der Waals surface area contributed by atoms with Crippen LogP contribution in [0.5, 0.6) is 0 Å². The number of aromatic nitrogens is 2. The summed E-state index contributed by atoms with van der Waals surface area (Å²) >= 11 is 0. The summed E-state index contributed by atoms with van der Waals surface area (Å²) in [6, 6.07) is 2.66. The van der Waals surface area contributed by atoms with Gasteiger partial charge in [0, 0.05) is 31.6 Å². The zero-order valence-electron chi connectivity index (χ0n) is 10.1. The Bertz CT molecular complexity index is 318. The van der Waals surface area contributed by atoms with Crippen molar-refractivity contribution in [3.63, 3.8) is 0 Å². The first-order valence-electron chi connectivity index (χ1n) is 6.03. The van der Waals surface area contributed by atoms with E-state index in [0.717, 1.165) is 26.1 Å². The van der Waals surface area contributed by atoms with E-state index in [2.05, 4.69) is 16.5 Å². The average Bonchev–Trinajstić information content (AvgIpc) is 2.92. The standard InChI is InChI=1S/C12H21N3O/c1-13-12(10-6-8-16-9-10)4-3-11-5-7-14-15(11)2/h5,7,10,12-13H,3-4,6,8-9H2,1-2H3. The molecule has 1 aromatic heterocycles. The van der Waals surface area contributed by atoms with Crippen molar-refractivity contribution in [2.45, 2.75) is 25.3 Å². The lowest BCUT2D eigenvalue weighted by Gasteiger charge is -2.21. The number of nitrogens with zero attached hydrogens (tertiary/aromatic N) is 2. The molecule has 2 heterocycles. The highest BCUT2D eigenvalue weighted by Crippen LogP contribution is 2.20. The largest absolute Gasteiger partial charge is 0.381 e. The number of hydrogen-bond acceptors (Lipinski definition) is 3. The van der Waals surface area contributed by atoms with Crippen molar-refractivity contribution in [3.05, 3.63) is 18.0 Å². The lowest BCUT2D eigenvalue weighted by atomic mass is 9.94. The van der Waals surface area contributed by atoms with E-state index >= 15 is 0 Å². The van der Waals surface area contributed by atoms with Crippen molar-refractivity contribution < 1.29 is 4.74 Å². The van der Waals surface area contributed by atoms with Crippen molar-refractivity contribution in [3.8, 4) is 0 Å². The normalized spacial score (nSPS) is 22.5. The first kappa shape index (κ1) is 11.6. The second kappa shape index (κ2) is 5.46. The van der Waals surface area contributed by atoms with Gasteiger partial charge in [0.15, 0.2) is 0 Å². The number of hydrogen-bond donors (Lipinski definition) is 1. The van der Waals surface area contributed by atoms with Crippen molar-refractivity contribution in [1.82, 2.24) is 15.1 Å². The predicted molar refractivity (Wildman–Crippen MR) is 63.3 cm³/mol. The molecule has 0 saturated carbocycles. The van der Waals surface area contributed by atoms with E-state index in [0.29, 0.717) is 12.0 Å². The van der Waals surface area contributed by atoms with Gasteiger partial charge in [-0.2, -0.15) is 5.10 Å². The van der Waals surface area contributed by atoms with Crippen LogP contribution in [0.3, 0.4) is 0 Å². The van der Waals surface area contributed by atoms with Gasteiger partial charge >= 0.3 is 0 Å². The van der Waals surface area contributed by atoms with Gasteiger partial charge in [-0.1, -0.05) is 0 Å². The summed E-state index contributed by atoms with van der Waals surface area (Å²) in [6.45, 7) is 1.84. The average molecular weight is 223 g/mol. The summed E-state index contributed by atoms with van der Waals surface area (Å²) in [4.78, 5) is 0. The molecule has 1 aliphatic heterocycles. The SMILES string of the molecule is CNC(CCc1ccnn1C)C1CCOC1. The number of nitrogens with one attached hydrogen (secondary N) is 1. The monoisotopic (exact) mass is 223 g/mol. The van der Waals surface area contributed by atoms with Gasteiger partial charge in [-0.3, -0.25) is 4.68 Å². The van der Waals surface area contributed by atoms with Crippen LogP contribution in [0.15, 0.2) is 12.3 Å². The van der Waals surface area contributed by atoms with Crippen molar-refractivity contribution in [1.29, 1.82) is 0 Å². The van der Waals surface area contributed by atoms with E-state index in [1.807, 2.05) is 25.0 Å². The smallest absolute Gasteiger partial charge is 0.0510 e. The molecule has 0 spiro atoms. The van der Waals surface area contributed by atoms with Gasteiger partial charge in [-0.05, 0) is 38.3 Å². The third-order valence-electron chi connectivity index (χ3n) is 3.54. The number of ether oxygens (including phenoxy) is 1.